The third-order valence-electron chi connectivity index (χ3n) is 5.93. The van der Waals surface area contributed by atoms with E-state index in [-0.39, 0.29) is 48.0 Å². The van der Waals surface area contributed by atoms with Crippen LogP contribution in [-0.2, 0) is 29.1 Å². The van der Waals surface area contributed by atoms with E-state index in [9.17, 15) is 23.1 Å². The van der Waals surface area contributed by atoms with Crippen molar-refractivity contribution in [2.75, 3.05) is 46.6 Å². The average Bonchev–Trinajstić information content (AvgIpc) is 3.13. The number of rotatable bonds is 7. The fourth-order valence-electron chi connectivity index (χ4n) is 4.16. The number of ketones is 1. The van der Waals surface area contributed by atoms with Crippen LogP contribution in [0.4, 0.5) is 0 Å². The summed E-state index contributed by atoms with van der Waals surface area (Å²) in [6, 6.07) is 13.8. The molecule has 2 aromatic rings. The first-order valence-electron chi connectivity index (χ1n) is 10.9. The van der Waals surface area contributed by atoms with Gasteiger partial charge in [-0.1, -0.05) is 30.3 Å². The maximum atomic E-state index is 12.9. The van der Waals surface area contributed by atoms with Crippen LogP contribution in [0.15, 0.2) is 65.1 Å². The zero-order chi connectivity index (χ0) is 24.3. The molecule has 1 atom stereocenters. The second-order valence-electron chi connectivity index (χ2n) is 7.94. The number of morpholine rings is 1. The molecule has 0 aliphatic carbocycles. The smallest absolute Gasteiger partial charge is 0.295 e. The van der Waals surface area contributed by atoms with E-state index in [2.05, 4.69) is 0 Å². The summed E-state index contributed by atoms with van der Waals surface area (Å²) in [5, 5.41) is 11.1. The Kier molecular flexibility index (Phi) is 7.13. The van der Waals surface area contributed by atoms with Gasteiger partial charge in [-0.3, -0.25) is 9.59 Å². The number of aliphatic hydroxyl groups excluding tert-OH is 1. The Morgan fingerprint density at radius 2 is 1.71 bits per heavy atom. The zero-order valence-corrected chi connectivity index (χ0v) is 19.5. The number of carbonyl (C=O) groups excluding carboxylic acids is 2. The topological polar surface area (TPSA) is 113 Å². The van der Waals surface area contributed by atoms with Crippen LogP contribution in [0.2, 0.25) is 0 Å². The number of benzene rings is 2. The lowest BCUT2D eigenvalue weighted by Gasteiger charge is -2.26. The molecule has 1 amide bonds. The maximum absolute atomic E-state index is 12.9. The lowest BCUT2D eigenvalue weighted by Crippen LogP contribution is -2.40. The number of aliphatic hydroxyl groups is 1. The van der Waals surface area contributed by atoms with Crippen molar-refractivity contribution in [3.63, 3.8) is 0 Å². The van der Waals surface area contributed by atoms with Crippen LogP contribution in [0.3, 0.4) is 0 Å². The van der Waals surface area contributed by atoms with Crippen molar-refractivity contribution in [2.24, 2.45) is 0 Å². The number of methoxy groups -OCH3 is 1. The van der Waals surface area contributed by atoms with Gasteiger partial charge in [-0.05, 0) is 29.8 Å². The van der Waals surface area contributed by atoms with E-state index in [1.54, 1.807) is 24.3 Å². The molecule has 9 nitrogen and oxygen atoms in total. The van der Waals surface area contributed by atoms with E-state index < -0.39 is 27.8 Å². The van der Waals surface area contributed by atoms with Crippen molar-refractivity contribution >= 4 is 27.5 Å². The minimum atomic E-state index is -3.70. The first-order chi connectivity index (χ1) is 16.4. The fourth-order valence-corrected chi connectivity index (χ4v) is 5.57. The maximum Gasteiger partial charge on any atom is 0.295 e. The summed E-state index contributed by atoms with van der Waals surface area (Å²) in [5.41, 5.74) is 0.869. The molecule has 2 aliphatic rings. The number of carbonyl (C=O) groups is 2. The SMILES string of the molecule is COCCN1C(=O)C(=O)C(=C(O)c2ccc(S(=O)(=O)N3CCOCC3)cc2)C1c1ccccc1. The number of hydrogen-bond acceptors (Lipinski definition) is 7. The molecule has 2 aliphatic heterocycles. The Bertz CT molecular complexity index is 1190. The van der Waals surface area contributed by atoms with Gasteiger partial charge in [0.15, 0.2) is 0 Å². The summed E-state index contributed by atoms with van der Waals surface area (Å²) < 4.78 is 37.4. The number of hydrogen-bond donors (Lipinski definition) is 1. The monoisotopic (exact) mass is 486 g/mol. The van der Waals surface area contributed by atoms with E-state index in [1.807, 2.05) is 6.07 Å². The highest BCUT2D eigenvalue weighted by Gasteiger charge is 2.45. The van der Waals surface area contributed by atoms with Crippen LogP contribution in [0.1, 0.15) is 17.2 Å². The van der Waals surface area contributed by atoms with Crippen LogP contribution in [0.25, 0.3) is 5.76 Å². The molecule has 0 saturated carbocycles. The Balaban J connectivity index is 1.72. The molecule has 2 aromatic carbocycles. The Morgan fingerprint density at radius 3 is 2.32 bits per heavy atom. The Hall–Kier alpha value is -3.05. The quantitative estimate of drug-likeness (QED) is 0.361. The minimum Gasteiger partial charge on any atom is -0.507 e. The van der Waals surface area contributed by atoms with Gasteiger partial charge in [0.05, 0.1) is 36.3 Å². The molecule has 1 N–H and O–H groups in total. The number of amides is 1. The van der Waals surface area contributed by atoms with Gasteiger partial charge in [-0.2, -0.15) is 4.31 Å². The summed E-state index contributed by atoms with van der Waals surface area (Å²) in [7, 11) is -2.20. The van der Waals surface area contributed by atoms with Crippen LogP contribution < -0.4 is 0 Å². The predicted octanol–water partition coefficient (Wildman–Crippen LogP) is 1.78. The third-order valence-corrected chi connectivity index (χ3v) is 7.84. The molecule has 0 spiro atoms. The van der Waals surface area contributed by atoms with E-state index >= 15 is 0 Å². The lowest BCUT2D eigenvalue weighted by atomic mass is 9.95. The minimum absolute atomic E-state index is 0.0453. The highest BCUT2D eigenvalue weighted by molar-refractivity contribution is 7.89. The van der Waals surface area contributed by atoms with E-state index in [4.69, 9.17) is 9.47 Å². The Morgan fingerprint density at radius 1 is 1.06 bits per heavy atom. The molecule has 2 heterocycles. The highest BCUT2D eigenvalue weighted by Crippen LogP contribution is 2.39. The molecule has 34 heavy (non-hydrogen) atoms. The highest BCUT2D eigenvalue weighted by atomic mass is 32.2. The van der Waals surface area contributed by atoms with E-state index in [1.165, 1.54) is 40.6 Å². The van der Waals surface area contributed by atoms with Gasteiger partial charge >= 0.3 is 0 Å². The number of ether oxygens (including phenoxy) is 2. The Labute approximate surface area is 198 Å². The van der Waals surface area contributed by atoms with Crippen molar-refractivity contribution in [2.45, 2.75) is 10.9 Å². The molecule has 4 rings (SSSR count). The van der Waals surface area contributed by atoms with Gasteiger partial charge in [0.1, 0.15) is 5.76 Å². The molecule has 2 fully saturated rings. The second kappa shape index (κ2) is 10.1. The molecule has 2 saturated heterocycles. The lowest BCUT2D eigenvalue weighted by molar-refractivity contribution is -0.140. The second-order valence-corrected chi connectivity index (χ2v) is 9.87. The van der Waals surface area contributed by atoms with Gasteiger partial charge in [0.2, 0.25) is 10.0 Å². The molecule has 180 valence electrons. The molecule has 10 heteroatoms. The van der Waals surface area contributed by atoms with Crippen LogP contribution in [-0.4, -0.2) is 81.0 Å². The third kappa shape index (κ3) is 4.49. The van der Waals surface area contributed by atoms with Crippen molar-refractivity contribution < 1.29 is 32.6 Å². The number of nitrogens with zero attached hydrogens (tertiary/aromatic N) is 2. The van der Waals surface area contributed by atoms with E-state index in [0.717, 1.165) is 0 Å². The zero-order valence-electron chi connectivity index (χ0n) is 18.7. The van der Waals surface area contributed by atoms with Crippen molar-refractivity contribution in [3.8, 4) is 0 Å². The number of sulfonamides is 1. The normalized spacial score (nSPS) is 21.2. The summed E-state index contributed by atoms with van der Waals surface area (Å²) >= 11 is 0. The van der Waals surface area contributed by atoms with Crippen LogP contribution in [0, 0.1) is 0 Å². The number of Topliss-reactive ketones (excluding diaryl/α,β-unsaturated/α-hetero) is 1. The largest absolute Gasteiger partial charge is 0.507 e. The first-order valence-corrected chi connectivity index (χ1v) is 12.3. The predicted molar refractivity (Wildman–Crippen MR) is 123 cm³/mol. The van der Waals surface area contributed by atoms with Crippen molar-refractivity contribution in [1.82, 2.24) is 9.21 Å². The summed E-state index contributed by atoms with van der Waals surface area (Å²) in [6.07, 6.45) is 0. The van der Waals surface area contributed by atoms with Crippen molar-refractivity contribution in [3.05, 3.63) is 71.3 Å². The fraction of sp³-hybridized carbons (Fsp3) is 0.333. The molecule has 1 unspecified atom stereocenters. The first kappa shape index (κ1) is 24.1. The van der Waals surface area contributed by atoms with Gasteiger partial charge in [-0.25, -0.2) is 8.42 Å². The summed E-state index contributed by atoms with van der Waals surface area (Å²) in [5.74, 6) is -1.88. The molecular weight excluding hydrogens is 460 g/mol. The number of likely N-dealkylation sites (tertiary alicyclic amines) is 1. The standard InChI is InChI=1S/C24H26N2O7S/c1-32-14-13-26-21(17-5-3-2-4-6-17)20(23(28)24(26)29)22(27)18-7-9-19(10-8-18)34(30,31)25-11-15-33-16-12-25/h2-10,21,27H,11-16H2,1H3. The van der Waals surface area contributed by atoms with Gasteiger partial charge in [0, 0.05) is 32.3 Å². The van der Waals surface area contributed by atoms with Gasteiger partial charge in [0.25, 0.3) is 11.7 Å². The average molecular weight is 487 g/mol. The molecule has 0 radical (unpaired) electrons. The summed E-state index contributed by atoms with van der Waals surface area (Å²) in [4.78, 5) is 27.2. The molecular formula is C24H26N2O7S. The van der Waals surface area contributed by atoms with Crippen molar-refractivity contribution in [1.29, 1.82) is 0 Å². The van der Waals surface area contributed by atoms with Crippen LogP contribution in [0.5, 0.6) is 0 Å². The summed E-state index contributed by atoms with van der Waals surface area (Å²) in [6.45, 7) is 1.61. The van der Waals surface area contributed by atoms with Gasteiger partial charge < -0.3 is 19.5 Å². The van der Waals surface area contributed by atoms with Crippen LogP contribution >= 0.6 is 0 Å². The molecule has 0 aromatic heterocycles. The van der Waals surface area contributed by atoms with Gasteiger partial charge in [-0.15, -0.1) is 0 Å². The van der Waals surface area contributed by atoms with E-state index in [0.29, 0.717) is 18.8 Å². The molecule has 0 bridgehead atoms.